The van der Waals surface area contributed by atoms with Crippen LogP contribution in [0.5, 0.6) is 0 Å². The van der Waals surface area contributed by atoms with Crippen LogP contribution in [0.4, 0.5) is 0 Å². The molecule has 0 fully saturated rings. The minimum absolute atomic E-state index is 0.405. The molecule has 0 radical (unpaired) electrons. The second-order valence-electron chi connectivity index (χ2n) is 3.28. The maximum atomic E-state index is 10.8. The molecule has 0 saturated heterocycles. The summed E-state index contributed by atoms with van der Waals surface area (Å²) in [5.74, 6) is 0. The highest BCUT2D eigenvalue weighted by Gasteiger charge is 2.11. The minimum atomic E-state index is 0.405. The summed E-state index contributed by atoms with van der Waals surface area (Å²) in [6.07, 6.45) is 1.45. The zero-order valence-electron chi connectivity index (χ0n) is 8.72. The van der Waals surface area contributed by atoms with E-state index in [1.54, 1.807) is 4.68 Å². The maximum Gasteiger partial charge on any atom is 0.172 e. The maximum absolute atomic E-state index is 10.8. The van der Waals surface area contributed by atoms with Gasteiger partial charge in [0.1, 0.15) is 5.69 Å². The molecule has 1 heterocycles. The number of aromatic nitrogens is 3. The Labute approximate surface area is 101 Å². The van der Waals surface area contributed by atoms with Crippen LogP contribution in [0.1, 0.15) is 23.1 Å². The fourth-order valence-corrected chi connectivity index (χ4v) is 1.94. The molecule has 0 saturated carbocycles. The van der Waals surface area contributed by atoms with Crippen LogP contribution in [-0.2, 0) is 6.42 Å². The first-order chi connectivity index (χ1) is 7.76. The second-order valence-corrected chi connectivity index (χ2v) is 4.20. The lowest BCUT2D eigenvalue weighted by atomic mass is 10.2. The number of nitrogens with zero attached hydrogens (tertiary/aromatic N) is 3. The van der Waals surface area contributed by atoms with Crippen LogP contribution >= 0.6 is 15.9 Å². The van der Waals surface area contributed by atoms with Gasteiger partial charge >= 0.3 is 0 Å². The summed E-state index contributed by atoms with van der Waals surface area (Å²) in [5.41, 5.74) is 2.13. The molecule has 0 bridgehead atoms. The van der Waals surface area contributed by atoms with Gasteiger partial charge in [0.2, 0.25) is 0 Å². The predicted molar refractivity (Wildman–Crippen MR) is 63.8 cm³/mol. The fraction of sp³-hybridized carbons (Fsp3) is 0.182. The first kappa shape index (κ1) is 11.0. The van der Waals surface area contributed by atoms with Gasteiger partial charge in [0.15, 0.2) is 6.29 Å². The van der Waals surface area contributed by atoms with E-state index in [0.717, 1.165) is 22.1 Å². The summed E-state index contributed by atoms with van der Waals surface area (Å²) in [5, 5.41) is 7.82. The smallest absolute Gasteiger partial charge is 0.172 e. The molecule has 1 aromatic carbocycles. The molecule has 0 N–H and O–H groups in total. The molecule has 0 aliphatic carbocycles. The molecule has 16 heavy (non-hydrogen) atoms. The van der Waals surface area contributed by atoms with Gasteiger partial charge in [-0.3, -0.25) is 4.79 Å². The predicted octanol–water partition coefficient (Wildman–Crippen LogP) is 2.40. The van der Waals surface area contributed by atoms with E-state index in [0.29, 0.717) is 12.1 Å². The highest BCUT2D eigenvalue weighted by atomic mass is 79.9. The summed E-state index contributed by atoms with van der Waals surface area (Å²) >= 11 is 3.40. The van der Waals surface area contributed by atoms with E-state index in [1.807, 2.05) is 31.2 Å². The molecular formula is C11H10BrN3O. The van der Waals surface area contributed by atoms with E-state index in [9.17, 15) is 4.79 Å². The molecule has 0 atom stereocenters. The molecule has 0 unspecified atom stereocenters. The number of benzene rings is 1. The van der Waals surface area contributed by atoms with Crippen LogP contribution in [0.15, 0.2) is 28.7 Å². The highest BCUT2D eigenvalue weighted by Crippen LogP contribution is 2.17. The number of halogens is 1. The van der Waals surface area contributed by atoms with Crippen molar-refractivity contribution in [1.29, 1.82) is 0 Å². The van der Waals surface area contributed by atoms with Crippen molar-refractivity contribution < 1.29 is 4.79 Å². The molecule has 1 aromatic heterocycles. The van der Waals surface area contributed by atoms with Gasteiger partial charge < -0.3 is 0 Å². The van der Waals surface area contributed by atoms with Gasteiger partial charge in [-0.25, -0.2) is 4.68 Å². The van der Waals surface area contributed by atoms with E-state index in [-0.39, 0.29) is 0 Å². The Morgan fingerprint density at radius 2 is 2.31 bits per heavy atom. The van der Waals surface area contributed by atoms with Crippen molar-refractivity contribution in [3.05, 3.63) is 40.1 Å². The summed E-state index contributed by atoms with van der Waals surface area (Å²) in [6.45, 7) is 1.97. The first-order valence-corrected chi connectivity index (χ1v) is 5.71. The monoisotopic (exact) mass is 279 g/mol. The average molecular weight is 280 g/mol. The lowest BCUT2D eigenvalue weighted by Crippen LogP contribution is -2.02. The third kappa shape index (κ3) is 1.90. The van der Waals surface area contributed by atoms with Crippen molar-refractivity contribution in [2.24, 2.45) is 0 Å². The first-order valence-electron chi connectivity index (χ1n) is 4.92. The molecule has 0 aliphatic heterocycles. The van der Waals surface area contributed by atoms with Crippen molar-refractivity contribution in [3.63, 3.8) is 0 Å². The minimum Gasteiger partial charge on any atom is -0.296 e. The Hall–Kier alpha value is -1.49. The average Bonchev–Trinajstić information content (AvgIpc) is 2.71. The van der Waals surface area contributed by atoms with E-state index >= 15 is 0 Å². The van der Waals surface area contributed by atoms with Crippen molar-refractivity contribution in [2.45, 2.75) is 13.3 Å². The molecule has 0 amide bonds. The lowest BCUT2D eigenvalue weighted by Gasteiger charge is -2.04. The molecule has 2 rings (SSSR count). The van der Waals surface area contributed by atoms with Crippen LogP contribution < -0.4 is 0 Å². The Morgan fingerprint density at radius 3 is 2.94 bits per heavy atom. The van der Waals surface area contributed by atoms with Crippen LogP contribution in [0.2, 0.25) is 0 Å². The Morgan fingerprint density at radius 1 is 1.50 bits per heavy atom. The second kappa shape index (κ2) is 4.57. The molecule has 82 valence electrons. The van der Waals surface area contributed by atoms with Gasteiger partial charge in [-0.15, -0.1) is 5.10 Å². The van der Waals surface area contributed by atoms with Crippen LogP contribution in [0.25, 0.3) is 5.69 Å². The summed E-state index contributed by atoms with van der Waals surface area (Å²) in [7, 11) is 0. The van der Waals surface area contributed by atoms with Gasteiger partial charge in [-0.05, 0) is 24.6 Å². The number of rotatable bonds is 3. The van der Waals surface area contributed by atoms with E-state index in [2.05, 4.69) is 26.2 Å². The van der Waals surface area contributed by atoms with Crippen molar-refractivity contribution in [1.82, 2.24) is 15.0 Å². The number of hydrogen-bond acceptors (Lipinski definition) is 3. The van der Waals surface area contributed by atoms with Crippen molar-refractivity contribution >= 4 is 22.2 Å². The zero-order valence-corrected chi connectivity index (χ0v) is 10.3. The Bertz CT molecular complexity index is 522. The van der Waals surface area contributed by atoms with Gasteiger partial charge in [0.05, 0.1) is 11.4 Å². The lowest BCUT2D eigenvalue weighted by molar-refractivity contribution is 0.111. The number of carbonyl (C=O) groups excluding carboxylic acids is 1. The topological polar surface area (TPSA) is 47.8 Å². The van der Waals surface area contributed by atoms with Crippen molar-refractivity contribution in [2.75, 3.05) is 0 Å². The molecule has 2 aromatic rings. The summed E-state index contributed by atoms with van der Waals surface area (Å²) < 4.78 is 2.66. The highest BCUT2D eigenvalue weighted by molar-refractivity contribution is 9.10. The number of carbonyl (C=O) groups is 1. The Balaban J connectivity index is 2.55. The molecule has 5 heteroatoms. The van der Waals surface area contributed by atoms with Crippen LogP contribution in [0, 0.1) is 0 Å². The van der Waals surface area contributed by atoms with E-state index in [4.69, 9.17) is 0 Å². The standard InChI is InChI=1S/C11H10BrN3O/c1-2-11-10(7-16)13-14-15(11)9-5-3-4-8(12)6-9/h3-7H,2H2,1H3. The zero-order chi connectivity index (χ0) is 11.5. The fourth-order valence-electron chi connectivity index (χ4n) is 1.55. The third-order valence-electron chi connectivity index (χ3n) is 2.29. The van der Waals surface area contributed by atoms with Crippen LogP contribution in [0.3, 0.4) is 0 Å². The summed E-state index contributed by atoms with van der Waals surface area (Å²) in [4.78, 5) is 10.8. The van der Waals surface area contributed by atoms with Crippen LogP contribution in [-0.4, -0.2) is 21.3 Å². The summed E-state index contributed by atoms with van der Waals surface area (Å²) in [6, 6.07) is 7.71. The molecular weight excluding hydrogens is 270 g/mol. The molecule has 0 aliphatic rings. The van der Waals surface area contributed by atoms with Gasteiger partial charge in [-0.2, -0.15) is 0 Å². The van der Waals surface area contributed by atoms with E-state index in [1.165, 1.54) is 0 Å². The molecule has 4 nitrogen and oxygen atoms in total. The Kier molecular flexibility index (Phi) is 3.14. The number of aldehydes is 1. The SMILES string of the molecule is CCc1c(C=O)nnn1-c1cccc(Br)c1. The van der Waals surface area contributed by atoms with Gasteiger partial charge in [0, 0.05) is 4.47 Å². The third-order valence-corrected chi connectivity index (χ3v) is 2.79. The quantitative estimate of drug-likeness (QED) is 0.811. The van der Waals surface area contributed by atoms with E-state index < -0.39 is 0 Å². The molecule has 0 spiro atoms. The largest absolute Gasteiger partial charge is 0.296 e. The van der Waals surface area contributed by atoms with Gasteiger partial charge in [0.25, 0.3) is 0 Å². The normalized spacial score (nSPS) is 10.4. The van der Waals surface area contributed by atoms with Crippen molar-refractivity contribution in [3.8, 4) is 5.69 Å². The van der Waals surface area contributed by atoms with Gasteiger partial charge in [-0.1, -0.05) is 34.1 Å². The number of hydrogen-bond donors (Lipinski definition) is 0.